The molecule has 8 nitrogen and oxygen atoms in total. The summed E-state index contributed by atoms with van der Waals surface area (Å²) in [7, 11) is 1.25. The average molecular weight is 424 g/mol. The molecule has 0 unspecified atom stereocenters. The Labute approximate surface area is 175 Å². The number of likely N-dealkylation sites (tertiary alicyclic amines) is 1. The second-order valence-corrected chi connectivity index (χ2v) is 8.58. The van der Waals surface area contributed by atoms with E-state index in [4.69, 9.17) is 24.7 Å². The Kier molecular flexibility index (Phi) is 6.28. The number of nitrogens with two attached hydrogens (primary N) is 1. The summed E-state index contributed by atoms with van der Waals surface area (Å²) in [5, 5.41) is 0. The van der Waals surface area contributed by atoms with E-state index < -0.39 is 29.9 Å². The third-order valence-corrected chi connectivity index (χ3v) is 4.75. The fourth-order valence-corrected chi connectivity index (χ4v) is 3.08. The number of anilines is 1. The van der Waals surface area contributed by atoms with Crippen molar-refractivity contribution in [2.24, 2.45) is 0 Å². The van der Waals surface area contributed by atoms with Gasteiger partial charge in [0.2, 0.25) is 0 Å². The van der Waals surface area contributed by atoms with Crippen molar-refractivity contribution in [1.82, 2.24) is 4.90 Å². The van der Waals surface area contributed by atoms with Crippen molar-refractivity contribution in [2.75, 3.05) is 25.9 Å². The molecule has 1 saturated carbocycles. The molecule has 3 rings (SSSR count). The molecule has 0 bridgehead atoms. The van der Waals surface area contributed by atoms with Gasteiger partial charge in [-0.25, -0.2) is 14.0 Å². The molecule has 1 aromatic rings. The van der Waals surface area contributed by atoms with Crippen molar-refractivity contribution < 1.29 is 32.9 Å². The van der Waals surface area contributed by atoms with Crippen LogP contribution in [0.25, 0.3) is 0 Å². The number of esters is 1. The highest BCUT2D eigenvalue weighted by Crippen LogP contribution is 2.38. The monoisotopic (exact) mass is 424 g/mol. The maximum Gasteiger partial charge on any atom is 0.410 e. The van der Waals surface area contributed by atoms with E-state index in [0.717, 1.165) is 12.8 Å². The summed E-state index contributed by atoms with van der Waals surface area (Å²) in [6.45, 7) is 5.42. The van der Waals surface area contributed by atoms with Crippen LogP contribution >= 0.6 is 0 Å². The molecule has 1 saturated heterocycles. The van der Waals surface area contributed by atoms with E-state index in [9.17, 15) is 14.0 Å². The Hall–Kier alpha value is -2.71. The van der Waals surface area contributed by atoms with E-state index in [2.05, 4.69) is 0 Å². The number of nitrogen functional groups attached to an aromatic ring is 1. The molecule has 2 fully saturated rings. The van der Waals surface area contributed by atoms with Gasteiger partial charge >= 0.3 is 12.1 Å². The van der Waals surface area contributed by atoms with Gasteiger partial charge in [0, 0.05) is 25.1 Å². The Balaban J connectivity index is 1.73. The zero-order valence-electron chi connectivity index (χ0n) is 17.8. The van der Waals surface area contributed by atoms with Crippen LogP contribution in [0.15, 0.2) is 12.1 Å². The second kappa shape index (κ2) is 8.57. The van der Waals surface area contributed by atoms with Gasteiger partial charge in [0.15, 0.2) is 17.7 Å². The minimum absolute atomic E-state index is 0.0610. The van der Waals surface area contributed by atoms with Crippen molar-refractivity contribution >= 4 is 17.7 Å². The molecule has 0 spiro atoms. The number of halogens is 1. The SMILES string of the molecule is COC(=O)c1cc(O[C@@H]2CCN(C(=O)OC(C)(C)C)C[C@H]2F)c(OC2CC2)cc1N. The molecule has 0 radical (unpaired) electrons. The van der Waals surface area contributed by atoms with Crippen LogP contribution < -0.4 is 15.2 Å². The number of alkyl halides is 1. The molecule has 0 aromatic heterocycles. The number of carbonyl (C=O) groups is 2. The van der Waals surface area contributed by atoms with E-state index in [-0.39, 0.29) is 42.6 Å². The standard InChI is InChI=1S/C21H29FN2O6/c1-21(2,3)30-20(26)24-8-7-16(14(22)11-24)29-17-9-13(19(25)27-4)15(23)10-18(17)28-12-5-6-12/h9-10,12,14,16H,5-8,11,23H2,1-4H3/t14-,16-/m1/s1. The lowest BCUT2D eigenvalue weighted by Gasteiger charge is -2.35. The number of hydrogen-bond donors (Lipinski definition) is 1. The maximum absolute atomic E-state index is 14.9. The van der Waals surface area contributed by atoms with Gasteiger partial charge in [0.05, 0.1) is 31.0 Å². The first kappa shape index (κ1) is 22.0. The van der Waals surface area contributed by atoms with Gasteiger partial charge in [-0.15, -0.1) is 0 Å². The number of ether oxygens (including phenoxy) is 4. The Morgan fingerprint density at radius 3 is 2.37 bits per heavy atom. The van der Waals surface area contributed by atoms with Crippen molar-refractivity contribution in [2.45, 2.75) is 64.0 Å². The third-order valence-electron chi connectivity index (χ3n) is 4.75. The number of methoxy groups -OCH3 is 1. The number of piperidine rings is 1. The number of benzene rings is 1. The lowest BCUT2D eigenvalue weighted by atomic mass is 10.1. The van der Waals surface area contributed by atoms with E-state index in [1.807, 2.05) is 0 Å². The number of nitrogens with zero attached hydrogens (tertiary/aromatic N) is 1. The topological polar surface area (TPSA) is 100 Å². The molecule has 30 heavy (non-hydrogen) atoms. The first-order valence-electron chi connectivity index (χ1n) is 10.0. The van der Waals surface area contributed by atoms with E-state index in [1.165, 1.54) is 24.1 Å². The number of carbonyl (C=O) groups excluding carboxylic acids is 2. The van der Waals surface area contributed by atoms with Crippen LogP contribution in [0.2, 0.25) is 0 Å². The summed E-state index contributed by atoms with van der Waals surface area (Å²) in [5.41, 5.74) is 5.62. The van der Waals surface area contributed by atoms with Crippen LogP contribution in [0.3, 0.4) is 0 Å². The van der Waals surface area contributed by atoms with Crippen LogP contribution in [0, 0.1) is 0 Å². The summed E-state index contributed by atoms with van der Waals surface area (Å²) in [6.07, 6.45) is -0.636. The van der Waals surface area contributed by atoms with Crippen molar-refractivity contribution in [3.05, 3.63) is 17.7 Å². The highest BCUT2D eigenvalue weighted by Gasteiger charge is 2.36. The normalized spacial score (nSPS) is 21.7. The molecule has 2 atom stereocenters. The summed E-state index contributed by atoms with van der Waals surface area (Å²) in [4.78, 5) is 25.5. The maximum atomic E-state index is 14.9. The van der Waals surface area contributed by atoms with Gasteiger partial charge in [0.1, 0.15) is 11.7 Å². The minimum Gasteiger partial charge on any atom is -0.486 e. The lowest BCUT2D eigenvalue weighted by Crippen LogP contribution is -2.50. The molecule has 1 heterocycles. The van der Waals surface area contributed by atoms with Gasteiger partial charge in [0.25, 0.3) is 0 Å². The van der Waals surface area contributed by atoms with Crippen molar-refractivity contribution in [3.8, 4) is 11.5 Å². The predicted molar refractivity (Wildman–Crippen MR) is 108 cm³/mol. The molecule has 1 amide bonds. The molecule has 1 aromatic carbocycles. The van der Waals surface area contributed by atoms with Gasteiger partial charge in [-0.1, -0.05) is 0 Å². The van der Waals surface area contributed by atoms with Crippen LogP contribution in [0.5, 0.6) is 11.5 Å². The van der Waals surface area contributed by atoms with Gasteiger partial charge in [-0.2, -0.15) is 0 Å². The zero-order chi connectivity index (χ0) is 22.1. The Bertz CT molecular complexity index is 805. The predicted octanol–water partition coefficient (Wildman–Crippen LogP) is 3.32. The van der Waals surface area contributed by atoms with Crippen LogP contribution in [-0.2, 0) is 9.47 Å². The fourth-order valence-electron chi connectivity index (χ4n) is 3.08. The van der Waals surface area contributed by atoms with Crippen molar-refractivity contribution in [1.29, 1.82) is 0 Å². The smallest absolute Gasteiger partial charge is 0.410 e. The third kappa shape index (κ3) is 5.46. The van der Waals surface area contributed by atoms with Gasteiger partial charge in [-0.3, -0.25) is 0 Å². The first-order valence-corrected chi connectivity index (χ1v) is 10.0. The molecular weight excluding hydrogens is 395 g/mol. The summed E-state index contributed by atoms with van der Waals surface area (Å²) < 4.78 is 36.7. The van der Waals surface area contributed by atoms with E-state index in [1.54, 1.807) is 20.8 Å². The van der Waals surface area contributed by atoms with E-state index >= 15 is 0 Å². The minimum atomic E-state index is -1.43. The van der Waals surface area contributed by atoms with Crippen LogP contribution in [0.4, 0.5) is 14.9 Å². The quantitative estimate of drug-likeness (QED) is 0.572. The molecule has 9 heteroatoms. The lowest BCUT2D eigenvalue weighted by molar-refractivity contribution is -0.0112. The fraction of sp³-hybridized carbons (Fsp3) is 0.619. The highest BCUT2D eigenvalue weighted by molar-refractivity contribution is 5.96. The molecule has 166 valence electrons. The molecule has 2 aliphatic rings. The summed E-state index contributed by atoms with van der Waals surface area (Å²) in [6, 6.07) is 2.93. The number of rotatable bonds is 5. The second-order valence-electron chi connectivity index (χ2n) is 8.58. The number of hydrogen-bond acceptors (Lipinski definition) is 7. The molecular formula is C21H29FN2O6. The van der Waals surface area contributed by atoms with Crippen LogP contribution in [-0.4, -0.2) is 61.1 Å². The Morgan fingerprint density at radius 1 is 1.13 bits per heavy atom. The molecule has 1 aliphatic carbocycles. The summed E-state index contributed by atoms with van der Waals surface area (Å²) >= 11 is 0. The van der Waals surface area contributed by atoms with Gasteiger partial charge in [-0.05, 0) is 33.6 Å². The highest BCUT2D eigenvalue weighted by atomic mass is 19.1. The first-order chi connectivity index (χ1) is 14.1. The molecule has 1 aliphatic heterocycles. The van der Waals surface area contributed by atoms with Gasteiger partial charge < -0.3 is 29.6 Å². The molecule has 2 N–H and O–H groups in total. The average Bonchev–Trinajstić information content (AvgIpc) is 3.47. The van der Waals surface area contributed by atoms with Crippen LogP contribution in [0.1, 0.15) is 50.4 Å². The largest absolute Gasteiger partial charge is 0.486 e. The number of amides is 1. The van der Waals surface area contributed by atoms with Crippen molar-refractivity contribution in [3.63, 3.8) is 0 Å². The Morgan fingerprint density at radius 2 is 1.80 bits per heavy atom. The zero-order valence-corrected chi connectivity index (χ0v) is 17.8. The van der Waals surface area contributed by atoms with E-state index in [0.29, 0.717) is 5.75 Å². The summed E-state index contributed by atoms with van der Waals surface area (Å²) in [5.74, 6) is -0.0221.